The minimum Gasteiger partial charge on any atom is -0.481 e. The van der Waals surface area contributed by atoms with Crippen molar-refractivity contribution < 1.29 is 34.1 Å². The monoisotopic (exact) mass is 302 g/mol. The molecule has 120 valence electrons. The van der Waals surface area contributed by atoms with Crippen molar-refractivity contribution in [1.82, 2.24) is 0 Å². The molecule has 2 N–H and O–H groups in total. The highest BCUT2D eigenvalue weighted by molar-refractivity contribution is 5.95. The van der Waals surface area contributed by atoms with Gasteiger partial charge in [-0.1, -0.05) is 13.8 Å². The third kappa shape index (κ3) is 11.7. The zero-order valence-corrected chi connectivity index (χ0v) is 12.3. The van der Waals surface area contributed by atoms with Crippen LogP contribution in [0.4, 0.5) is 0 Å². The predicted octanol–water partition coefficient (Wildman–Crippen LogP) is 1.14. The molecule has 0 amide bonds. The summed E-state index contributed by atoms with van der Waals surface area (Å²) in [6, 6.07) is 0. The van der Waals surface area contributed by atoms with Gasteiger partial charge in [0.05, 0.1) is 0 Å². The first-order valence-electron chi connectivity index (χ1n) is 6.75. The largest absolute Gasteiger partial charge is 0.481 e. The maximum Gasteiger partial charge on any atom is 0.310 e. The molecule has 0 bridgehead atoms. The number of hydrogen-bond acceptors (Lipinski definition) is 5. The minimum atomic E-state index is -1.14. The number of carbonyl (C=O) groups excluding carboxylic acids is 2. The van der Waals surface area contributed by atoms with Crippen molar-refractivity contribution in [3.63, 3.8) is 0 Å². The normalized spacial score (nSPS) is 13.4. The highest BCUT2D eigenvalue weighted by Crippen LogP contribution is 2.09. The third-order valence-electron chi connectivity index (χ3n) is 2.65. The van der Waals surface area contributed by atoms with Crippen LogP contribution in [0.1, 0.15) is 39.5 Å². The number of rotatable bonds is 12. The second-order valence-electron chi connectivity index (χ2n) is 5.37. The van der Waals surface area contributed by atoms with Gasteiger partial charge >= 0.3 is 11.9 Å². The van der Waals surface area contributed by atoms with Crippen LogP contribution in [-0.2, 0) is 23.9 Å². The van der Waals surface area contributed by atoms with E-state index < -0.39 is 24.8 Å². The smallest absolute Gasteiger partial charge is 0.310 e. The summed E-state index contributed by atoms with van der Waals surface area (Å²) in [4.78, 5) is 43.2. The van der Waals surface area contributed by atoms with Crippen LogP contribution >= 0.6 is 0 Å². The Morgan fingerprint density at radius 2 is 1.14 bits per heavy atom. The van der Waals surface area contributed by atoms with Crippen LogP contribution in [0.3, 0.4) is 0 Å². The van der Waals surface area contributed by atoms with Gasteiger partial charge in [-0.25, -0.2) is 0 Å². The van der Waals surface area contributed by atoms with Gasteiger partial charge in [-0.3, -0.25) is 19.2 Å². The number of ketones is 2. The first kappa shape index (κ1) is 19.2. The van der Waals surface area contributed by atoms with Gasteiger partial charge in [0.25, 0.3) is 0 Å². The van der Waals surface area contributed by atoms with Gasteiger partial charge < -0.3 is 14.9 Å². The number of carboxylic acid groups (broad SMARTS) is 2. The lowest BCUT2D eigenvalue weighted by molar-refractivity contribution is -0.142. The highest BCUT2D eigenvalue weighted by atomic mass is 16.5. The average molecular weight is 302 g/mol. The van der Waals surface area contributed by atoms with Crippen LogP contribution < -0.4 is 0 Å². The lowest BCUT2D eigenvalue weighted by atomic mass is 10.0. The summed E-state index contributed by atoms with van der Waals surface area (Å²) in [5.74, 6) is -3.17. The standard InChI is InChI=1S/C14H22O7/c1-9(3-11(15)5-13(17)18)7-21-8-10(2)4-12(16)6-14(19)20/h9-10H,3-8H2,1-2H3,(H,17,18)(H,19,20). The minimum absolute atomic E-state index is 0.0984. The highest BCUT2D eigenvalue weighted by Gasteiger charge is 2.15. The second-order valence-corrected chi connectivity index (χ2v) is 5.37. The van der Waals surface area contributed by atoms with Crippen molar-refractivity contribution in [2.24, 2.45) is 11.8 Å². The van der Waals surface area contributed by atoms with E-state index in [-0.39, 0.29) is 36.2 Å². The molecule has 0 aromatic heterocycles. The SMILES string of the molecule is CC(COCC(C)CC(=O)CC(=O)O)CC(=O)CC(=O)O. The second kappa shape index (κ2) is 10.0. The molecule has 0 rings (SSSR count). The number of carbonyl (C=O) groups is 4. The molecule has 0 aliphatic carbocycles. The fourth-order valence-electron chi connectivity index (χ4n) is 1.85. The van der Waals surface area contributed by atoms with E-state index in [2.05, 4.69) is 0 Å². The molecule has 2 unspecified atom stereocenters. The van der Waals surface area contributed by atoms with Crippen molar-refractivity contribution in [2.45, 2.75) is 39.5 Å². The first-order valence-corrected chi connectivity index (χ1v) is 6.75. The Morgan fingerprint density at radius 3 is 1.43 bits per heavy atom. The maximum atomic E-state index is 11.3. The average Bonchev–Trinajstić information content (AvgIpc) is 2.25. The fraction of sp³-hybridized carbons (Fsp3) is 0.714. The molecule has 0 aromatic rings. The van der Waals surface area contributed by atoms with Gasteiger partial charge in [0, 0.05) is 26.1 Å². The van der Waals surface area contributed by atoms with E-state index in [0.717, 1.165) is 0 Å². The van der Waals surface area contributed by atoms with Gasteiger partial charge in [0.15, 0.2) is 0 Å². The lowest BCUT2D eigenvalue weighted by Crippen LogP contribution is -2.18. The van der Waals surface area contributed by atoms with Crippen molar-refractivity contribution in [2.75, 3.05) is 13.2 Å². The molecule has 0 fully saturated rings. The van der Waals surface area contributed by atoms with Crippen LogP contribution in [-0.4, -0.2) is 46.9 Å². The quantitative estimate of drug-likeness (QED) is 0.519. The Balaban J connectivity index is 3.82. The van der Waals surface area contributed by atoms with Crippen molar-refractivity contribution in [3.8, 4) is 0 Å². The predicted molar refractivity (Wildman–Crippen MR) is 72.9 cm³/mol. The molecule has 2 atom stereocenters. The molecule has 7 nitrogen and oxygen atoms in total. The van der Waals surface area contributed by atoms with Crippen LogP contribution in [0.15, 0.2) is 0 Å². The molecule has 21 heavy (non-hydrogen) atoms. The van der Waals surface area contributed by atoms with Crippen molar-refractivity contribution in [1.29, 1.82) is 0 Å². The van der Waals surface area contributed by atoms with E-state index in [1.165, 1.54) is 0 Å². The van der Waals surface area contributed by atoms with Crippen LogP contribution in [0.25, 0.3) is 0 Å². The summed E-state index contributed by atoms with van der Waals surface area (Å²) in [7, 11) is 0. The van der Waals surface area contributed by atoms with E-state index in [1.807, 2.05) is 0 Å². The van der Waals surface area contributed by atoms with E-state index in [0.29, 0.717) is 13.2 Å². The zero-order valence-electron chi connectivity index (χ0n) is 12.3. The summed E-state index contributed by atoms with van der Waals surface area (Å²) in [5, 5.41) is 16.9. The third-order valence-corrected chi connectivity index (χ3v) is 2.65. The number of ether oxygens (including phenoxy) is 1. The van der Waals surface area contributed by atoms with Gasteiger partial charge in [-0.05, 0) is 11.8 Å². The maximum absolute atomic E-state index is 11.3. The van der Waals surface area contributed by atoms with E-state index >= 15 is 0 Å². The summed E-state index contributed by atoms with van der Waals surface area (Å²) in [6.07, 6.45) is -0.688. The molecule has 0 aliphatic heterocycles. The Morgan fingerprint density at radius 1 is 0.810 bits per heavy atom. The van der Waals surface area contributed by atoms with Crippen molar-refractivity contribution >= 4 is 23.5 Å². The molecule has 0 saturated heterocycles. The molecule has 0 heterocycles. The van der Waals surface area contributed by atoms with Gasteiger partial charge in [-0.2, -0.15) is 0 Å². The van der Waals surface area contributed by atoms with E-state index in [9.17, 15) is 19.2 Å². The van der Waals surface area contributed by atoms with E-state index in [4.69, 9.17) is 14.9 Å². The lowest BCUT2D eigenvalue weighted by Gasteiger charge is -2.14. The molecular formula is C14H22O7. The number of carboxylic acids is 2. The molecule has 7 heteroatoms. The molecule has 0 aromatic carbocycles. The number of aliphatic carboxylic acids is 2. The van der Waals surface area contributed by atoms with Crippen LogP contribution in [0.2, 0.25) is 0 Å². The van der Waals surface area contributed by atoms with Crippen LogP contribution in [0, 0.1) is 11.8 Å². The zero-order chi connectivity index (χ0) is 16.4. The van der Waals surface area contributed by atoms with Crippen molar-refractivity contribution in [3.05, 3.63) is 0 Å². The molecule has 0 radical (unpaired) electrons. The molecular weight excluding hydrogens is 280 g/mol. The molecule has 0 aliphatic rings. The van der Waals surface area contributed by atoms with Crippen LogP contribution in [0.5, 0.6) is 0 Å². The topological polar surface area (TPSA) is 118 Å². The van der Waals surface area contributed by atoms with E-state index in [1.54, 1.807) is 13.8 Å². The molecule has 0 spiro atoms. The summed E-state index contributed by atoms with van der Waals surface area (Å²) in [6.45, 7) is 4.14. The Bertz CT molecular complexity index is 353. The number of hydrogen-bond donors (Lipinski definition) is 2. The Labute approximate surface area is 123 Å². The fourth-order valence-corrected chi connectivity index (χ4v) is 1.85. The van der Waals surface area contributed by atoms with Gasteiger partial charge in [0.2, 0.25) is 0 Å². The summed E-state index contributed by atoms with van der Waals surface area (Å²) < 4.78 is 5.37. The van der Waals surface area contributed by atoms with Gasteiger partial charge in [-0.15, -0.1) is 0 Å². The summed E-state index contributed by atoms with van der Waals surface area (Å²) in [5.41, 5.74) is 0. The molecule has 0 saturated carbocycles. The Hall–Kier alpha value is -1.76. The van der Waals surface area contributed by atoms with Gasteiger partial charge in [0.1, 0.15) is 24.4 Å². The Kier molecular flexibility index (Phi) is 9.20. The summed E-state index contributed by atoms with van der Waals surface area (Å²) >= 11 is 0. The number of Topliss-reactive ketones (excluding diaryl/α,β-unsaturated/α-hetero) is 2. The first-order chi connectivity index (χ1) is 9.70.